The molecule has 0 radical (unpaired) electrons. The third kappa shape index (κ3) is 5.08. The standard InChI is InChI=1S/C22H26FN7O3/c1-3-33-11-9-16-12-19-28(2)22(32)18(8-10-30(19)26-16)25-21(31)20-24-14-29(27-20)13-15-6-4-5-7-17(15)23/h4-7,12,14,18H,3,8-11,13H2,1-2H3,(H,25,31)/t18-/m1/s1. The smallest absolute Gasteiger partial charge is 0.291 e. The summed E-state index contributed by atoms with van der Waals surface area (Å²) >= 11 is 0. The maximum Gasteiger partial charge on any atom is 0.291 e. The zero-order valence-electron chi connectivity index (χ0n) is 18.6. The second kappa shape index (κ2) is 9.90. The molecule has 3 aromatic rings. The highest BCUT2D eigenvalue weighted by atomic mass is 19.1. The van der Waals surface area contributed by atoms with Gasteiger partial charge in [-0.05, 0) is 19.4 Å². The van der Waals surface area contributed by atoms with Gasteiger partial charge in [-0.25, -0.2) is 18.7 Å². The zero-order chi connectivity index (χ0) is 23.4. The van der Waals surface area contributed by atoms with Crippen LogP contribution in [0.5, 0.6) is 0 Å². The van der Waals surface area contributed by atoms with Crippen molar-refractivity contribution in [2.75, 3.05) is 25.2 Å². The monoisotopic (exact) mass is 455 g/mol. The number of nitrogens with zero attached hydrogens (tertiary/aromatic N) is 6. The number of carbonyl (C=O) groups excluding carboxylic acids is 2. The number of aromatic nitrogens is 5. The van der Waals surface area contributed by atoms with Crippen molar-refractivity contribution in [3.8, 4) is 0 Å². The number of fused-ring (bicyclic) bond motifs is 1. The Hall–Kier alpha value is -3.60. The van der Waals surface area contributed by atoms with Gasteiger partial charge in [-0.1, -0.05) is 18.2 Å². The van der Waals surface area contributed by atoms with Crippen LogP contribution in [0.15, 0.2) is 36.7 Å². The SMILES string of the molecule is CCOCCc1cc2n(n1)CC[C@@H](NC(=O)c1ncn(Cc3ccccc3F)n1)C(=O)N2C. The molecule has 1 N–H and O–H groups in total. The first kappa shape index (κ1) is 22.6. The number of hydrogen-bond donors (Lipinski definition) is 1. The lowest BCUT2D eigenvalue weighted by Gasteiger charge is -2.19. The molecule has 1 atom stereocenters. The molecule has 10 nitrogen and oxygen atoms in total. The fraction of sp³-hybridized carbons (Fsp3) is 0.409. The Balaban J connectivity index is 1.39. The van der Waals surface area contributed by atoms with Crippen LogP contribution < -0.4 is 10.2 Å². The van der Waals surface area contributed by atoms with Crippen LogP contribution in [0.25, 0.3) is 0 Å². The number of rotatable bonds is 8. The van der Waals surface area contributed by atoms with Crippen molar-refractivity contribution in [2.24, 2.45) is 0 Å². The first-order chi connectivity index (χ1) is 16.0. The largest absolute Gasteiger partial charge is 0.381 e. The number of anilines is 1. The first-order valence-electron chi connectivity index (χ1n) is 10.8. The second-order valence-electron chi connectivity index (χ2n) is 7.73. The normalized spacial score (nSPS) is 15.9. The molecule has 2 aromatic heterocycles. The number of nitrogens with one attached hydrogen (secondary N) is 1. The Kier molecular flexibility index (Phi) is 6.78. The molecule has 0 fully saturated rings. The molecule has 4 rings (SSSR count). The van der Waals surface area contributed by atoms with Gasteiger partial charge in [0.15, 0.2) is 0 Å². The number of benzene rings is 1. The van der Waals surface area contributed by atoms with Gasteiger partial charge in [-0.15, -0.1) is 5.10 Å². The molecule has 0 aliphatic carbocycles. The van der Waals surface area contributed by atoms with Crippen LogP contribution in [0.3, 0.4) is 0 Å². The van der Waals surface area contributed by atoms with Gasteiger partial charge in [-0.2, -0.15) is 5.10 Å². The maximum atomic E-state index is 13.9. The Morgan fingerprint density at radius 2 is 2.12 bits per heavy atom. The van der Waals surface area contributed by atoms with Gasteiger partial charge in [0.05, 0.1) is 18.8 Å². The number of hydrogen-bond acceptors (Lipinski definition) is 6. The van der Waals surface area contributed by atoms with E-state index in [-0.39, 0.29) is 24.1 Å². The van der Waals surface area contributed by atoms with E-state index in [1.165, 1.54) is 22.0 Å². The Labute approximate surface area is 190 Å². The summed E-state index contributed by atoms with van der Waals surface area (Å²) in [5.41, 5.74) is 1.29. The molecule has 1 aliphatic rings. The van der Waals surface area contributed by atoms with Crippen molar-refractivity contribution >= 4 is 17.6 Å². The van der Waals surface area contributed by atoms with Crippen molar-refractivity contribution in [1.29, 1.82) is 0 Å². The Morgan fingerprint density at radius 1 is 1.30 bits per heavy atom. The van der Waals surface area contributed by atoms with E-state index >= 15 is 0 Å². The van der Waals surface area contributed by atoms with Crippen molar-refractivity contribution in [2.45, 2.75) is 38.9 Å². The van der Waals surface area contributed by atoms with E-state index in [4.69, 9.17) is 4.74 Å². The molecule has 2 amide bonds. The summed E-state index contributed by atoms with van der Waals surface area (Å²) in [6, 6.07) is 7.46. The van der Waals surface area contributed by atoms with Crippen molar-refractivity contribution in [1.82, 2.24) is 29.9 Å². The first-order valence-corrected chi connectivity index (χ1v) is 10.8. The predicted octanol–water partition coefficient (Wildman–Crippen LogP) is 1.41. The van der Waals surface area contributed by atoms with Crippen molar-refractivity contribution in [3.05, 3.63) is 59.6 Å². The third-order valence-electron chi connectivity index (χ3n) is 5.45. The molecule has 11 heteroatoms. The number of amides is 2. The lowest BCUT2D eigenvalue weighted by Crippen LogP contribution is -2.47. The Bertz CT molecular complexity index is 1140. The van der Waals surface area contributed by atoms with Crippen LogP contribution in [0.1, 0.15) is 35.2 Å². The number of carbonyl (C=O) groups is 2. The van der Waals surface area contributed by atoms with Gasteiger partial charge in [0, 0.05) is 38.2 Å². The predicted molar refractivity (Wildman–Crippen MR) is 117 cm³/mol. The molecule has 3 heterocycles. The number of likely N-dealkylation sites (N-methyl/N-ethyl adjacent to an activating group) is 1. The molecule has 1 aliphatic heterocycles. The molecular formula is C22H26FN7O3. The van der Waals surface area contributed by atoms with Crippen molar-refractivity contribution < 1.29 is 18.7 Å². The summed E-state index contributed by atoms with van der Waals surface area (Å²) in [7, 11) is 1.66. The van der Waals surface area contributed by atoms with Crippen LogP contribution in [-0.2, 0) is 29.0 Å². The van der Waals surface area contributed by atoms with Crippen LogP contribution in [0.4, 0.5) is 10.2 Å². The van der Waals surface area contributed by atoms with Crippen LogP contribution in [0, 0.1) is 5.82 Å². The molecule has 0 spiro atoms. The van der Waals surface area contributed by atoms with Gasteiger partial charge in [0.25, 0.3) is 11.8 Å². The minimum atomic E-state index is -0.741. The Morgan fingerprint density at radius 3 is 2.91 bits per heavy atom. The molecule has 174 valence electrons. The maximum absolute atomic E-state index is 13.9. The quantitative estimate of drug-likeness (QED) is 0.515. The van der Waals surface area contributed by atoms with Crippen molar-refractivity contribution in [3.63, 3.8) is 0 Å². The summed E-state index contributed by atoms with van der Waals surface area (Å²) in [4.78, 5) is 31.2. The summed E-state index contributed by atoms with van der Waals surface area (Å²) in [6.45, 7) is 3.76. The molecule has 0 saturated heterocycles. The minimum Gasteiger partial charge on any atom is -0.381 e. The molecule has 0 saturated carbocycles. The second-order valence-corrected chi connectivity index (χ2v) is 7.73. The summed E-state index contributed by atoms with van der Waals surface area (Å²) < 4.78 is 22.4. The summed E-state index contributed by atoms with van der Waals surface area (Å²) in [6.07, 6.45) is 2.41. The van der Waals surface area contributed by atoms with Crippen LogP contribution in [-0.4, -0.2) is 62.7 Å². The average molecular weight is 455 g/mol. The topological polar surface area (TPSA) is 107 Å². The van der Waals surface area contributed by atoms with E-state index in [0.29, 0.717) is 44.0 Å². The number of halogens is 1. The minimum absolute atomic E-state index is 0.0815. The zero-order valence-corrected chi connectivity index (χ0v) is 18.6. The van der Waals surface area contributed by atoms with E-state index in [2.05, 4.69) is 20.5 Å². The van der Waals surface area contributed by atoms with E-state index in [1.54, 1.807) is 29.9 Å². The lowest BCUT2D eigenvalue weighted by atomic mass is 10.2. The van der Waals surface area contributed by atoms with Crippen LogP contribution in [0.2, 0.25) is 0 Å². The number of ether oxygens (including phenoxy) is 1. The van der Waals surface area contributed by atoms with Gasteiger partial charge in [-0.3, -0.25) is 14.5 Å². The van der Waals surface area contributed by atoms with E-state index in [1.807, 2.05) is 13.0 Å². The molecule has 1 aromatic carbocycles. The van der Waals surface area contributed by atoms with Gasteiger partial charge in [0.2, 0.25) is 5.82 Å². The van der Waals surface area contributed by atoms with Gasteiger partial charge in [0.1, 0.15) is 24.0 Å². The van der Waals surface area contributed by atoms with Gasteiger partial charge < -0.3 is 10.1 Å². The molecule has 0 bridgehead atoms. The van der Waals surface area contributed by atoms with E-state index in [0.717, 1.165) is 5.69 Å². The highest BCUT2D eigenvalue weighted by Gasteiger charge is 2.31. The molecular weight excluding hydrogens is 429 g/mol. The van der Waals surface area contributed by atoms with Gasteiger partial charge >= 0.3 is 0 Å². The third-order valence-corrected chi connectivity index (χ3v) is 5.45. The molecule has 33 heavy (non-hydrogen) atoms. The summed E-state index contributed by atoms with van der Waals surface area (Å²) in [5.74, 6) is -0.572. The van der Waals surface area contributed by atoms with Crippen LogP contribution >= 0.6 is 0 Å². The number of aryl methyl sites for hydroxylation is 1. The summed E-state index contributed by atoms with van der Waals surface area (Å²) in [5, 5.41) is 11.4. The highest BCUT2D eigenvalue weighted by molar-refractivity contribution is 6.00. The molecule has 0 unspecified atom stereocenters. The average Bonchev–Trinajstić information content (AvgIpc) is 3.42. The van der Waals surface area contributed by atoms with E-state index in [9.17, 15) is 14.0 Å². The fourth-order valence-corrected chi connectivity index (χ4v) is 3.69. The highest BCUT2D eigenvalue weighted by Crippen LogP contribution is 2.21. The van der Waals surface area contributed by atoms with E-state index < -0.39 is 11.9 Å². The fourth-order valence-electron chi connectivity index (χ4n) is 3.69. The lowest BCUT2D eigenvalue weighted by molar-refractivity contribution is -0.120.